The summed E-state index contributed by atoms with van der Waals surface area (Å²) < 4.78 is 30.0. The molecule has 0 spiro atoms. The number of hydrogen-bond donors (Lipinski definition) is 1. The molecule has 0 heterocycles. The van der Waals surface area contributed by atoms with Gasteiger partial charge in [0.25, 0.3) is 0 Å². The number of phenols is 1. The van der Waals surface area contributed by atoms with Crippen LogP contribution in [-0.2, 0) is 10.1 Å². The van der Waals surface area contributed by atoms with Gasteiger partial charge in [-0.1, -0.05) is 42.0 Å². The van der Waals surface area contributed by atoms with Gasteiger partial charge in [-0.3, -0.25) is 0 Å². The Balaban J connectivity index is 2.06. The molecule has 3 aromatic carbocycles. The first kappa shape index (κ1) is 14.4. The Morgan fingerprint density at radius 3 is 2.18 bits per heavy atom. The van der Waals surface area contributed by atoms with Crippen LogP contribution in [0.3, 0.4) is 0 Å². The van der Waals surface area contributed by atoms with Crippen LogP contribution in [0.1, 0.15) is 5.56 Å². The van der Waals surface area contributed by atoms with Crippen LogP contribution in [0, 0.1) is 6.92 Å². The summed E-state index contributed by atoms with van der Waals surface area (Å²) >= 11 is 0. The maximum atomic E-state index is 12.4. The van der Waals surface area contributed by atoms with Crippen molar-refractivity contribution in [1.82, 2.24) is 0 Å². The van der Waals surface area contributed by atoms with Crippen molar-refractivity contribution in [3.63, 3.8) is 0 Å². The van der Waals surface area contributed by atoms with Gasteiger partial charge in [-0.2, -0.15) is 8.42 Å². The average molecular weight is 314 g/mol. The van der Waals surface area contributed by atoms with Crippen LogP contribution in [0.25, 0.3) is 10.8 Å². The lowest BCUT2D eigenvalue weighted by Gasteiger charge is -2.10. The Morgan fingerprint density at radius 1 is 0.864 bits per heavy atom. The lowest BCUT2D eigenvalue weighted by molar-refractivity contribution is 0.476. The van der Waals surface area contributed by atoms with Gasteiger partial charge in [-0.15, -0.1) is 0 Å². The van der Waals surface area contributed by atoms with Gasteiger partial charge in [0.1, 0.15) is 10.6 Å². The molecule has 4 nitrogen and oxygen atoms in total. The molecule has 3 aromatic rings. The third kappa shape index (κ3) is 2.63. The summed E-state index contributed by atoms with van der Waals surface area (Å²) in [5.41, 5.74) is 0.967. The van der Waals surface area contributed by atoms with Crippen molar-refractivity contribution in [2.24, 2.45) is 0 Å². The molecule has 0 amide bonds. The fourth-order valence-electron chi connectivity index (χ4n) is 2.20. The topological polar surface area (TPSA) is 63.6 Å². The van der Waals surface area contributed by atoms with E-state index in [-0.39, 0.29) is 16.4 Å². The normalized spacial score (nSPS) is 11.5. The van der Waals surface area contributed by atoms with Crippen molar-refractivity contribution in [2.45, 2.75) is 11.8 Å². The molecule has 0 saturated carbocycles. The maximum Gasteiger partial charge on any atom is 0.339 e. The second kappa shape index (κ2) is 5.35. The van der Waals surface area contributed by atoms with E-state index in [2.05, 4.69) is 0 Å². The molecule has 22 heavy (non-hydrogen) atoms. The summed E-state index contributed by atoms with van der Waals surface area (Å²) in [6.45, 7) is 1.88. The van der Waals surface area contributed by atoms with Crippen LogP contribution in [0.5, 0.6) is 11.5 Å². The molecule has 0 aliphatic rings. The van der Waals surface area contributed by atoms with Gasteiger partial charge >= 0.3 is 10.1 Å². The van der Waals surface area contributed by atoms with Gasteiger partial charge in [0.05, 0.1) is 0 Å². The van der Waals surface area contributed by atoms with E-state index in [1.807, 2.05) is 6.92 Å². The lowest BCUT2D eigenvalue weighted by Crippen LogP contribution is -2.09. The molecule has 0 saturated heterocycles. The van der Waals surface area contributed by atoms with Crippen LogP contribution in [0.4, 0.5) is 0 Å². The molecule has 0 aliphatic heterocycles. The molecule has 0 aliphatic carbocycles. The summed E-state index contributed by atoms with van der Waals surface area (Å²) in [5.74, 6) is 0.268. The van der Waals surface area contributed by atoms with Gasteiger partial charge in [0.2, 0.25) is 0 Å². The average Bonchev–Trinajstić information content (AvgIpc) is 2.51. The number of aryl methyl sites for hydroxylation is 1. The van der Waals surface area contributed by atoms with Crippen LogP contribution in [0.2, 0.25) is 0 Å². The van der Waals surface area contributed by atoms with E-state index in [4.69, 9.17) is 4.18 Å². The third-order valence-corrected chi connectivity index (χ3v) is 4.62. The molecule has 1 N–H and O–H groups in total. The number of hydrogen-bond acceptors (Lipinski definition) is 4. The minimum Gasteiger partial charge on any atom is -0.507 e. The Hall–Kier alpha value is -2.53. The van der Waals surface area contributed by atoms with Crippen molar-refractivity contribution < 1.29 is 17.7 Å². The first-order valence-electron chi connectivity index (χ1n) is 6.69. The van der Waals surface area contributed by atoms with E-state index >= 15 is 0 Å². The van der Waals surface area contributed by atoms with Crippen LogP contribution in [-0.4, -0.2) is 13.5 Å². The van der Waals surface area contributed by atoms with E-state index in [0.29, 0.717) is 10.8 Å². The molecule has 0 radical (unpaired) electrons. The summed E-state index contributed by atoms with van der Waals surface area (Å²) in [5, 5.41) is 10.9. The van der Waals surface area contributed by atoms with Crippen molar-refractivity contribution in [3.05, 3.63) is 66.2 Å². The molecular formula is C17H14O4S. The summed E-state index contributed by atoms with van der Waals surface area (Å²) in [6, 6.07) is 16.2. The second-order valence-electron chi connectivity index (χ2n) is 4.98. The number of rotatable bonds is 3. The van der Waals surface area contributed by atoms with E-state index in [9.17, 15) is 13.5 Å². The molecule has 112 valence electrons. The van der Waals surface area contributed by atoms with Crippen molar-refractivity contribution >= 4 is 20.9 Å². The highest BCUT2D eigenvalue weighted by Crippen LogP contribution is 2.33. The van der Waals surface area contributed by atoms with Crippen molar-refractivity contribution in [2.75, 3.05) is 0 Å². The van der Waals surface area contributed by atoms with Gasteiger partial charge in [0, 0.05) is 10.8 Å². The van der Waals surface area contributed by atoms with E-state index in [1.165, 1.54) is 24.3 Å². The van der Waals surface area contributed by atoms with E-state index in [0.717, 1.165) is 5.56 Å². The van der Waals surface area contributed by atoms with Crippen LogP contribution >= 0.6 is 0 Å². The fourth-order valence-corrected chi connectivity index (χ4v) is 3.15. The first-order valence-corrected chi connectivity index (χ1v) is 8.10. The molecule has 0 fully saturated rings. The second-order valence-corrected chi connectivity index (χ2v) is 6.53. The predicted molar refractivity (Wildman–Crippen MR) is 84.6 cm³/mol. The van der Waals surface area contributed by atoms with Crippen LogP contribution in [0.15, 0.2) is 65.6 Å². The summed E-state index contributed by atoms with van der Waals surface area (Å²) in [4.78, 5) is 0.0928. The van der Waals surface area contributed by atoms with Gasteiger partial charge in [-0.05, 0) is 31.2 Å². The number of aromatic hydroxyl groups is 1. The summed E-state index contributed by atoms with van der Waals surface area (Å²) in [6.07, 6.45) is 0. The summed E-state index contributed by atoms with van der Waals surface area (Å²) in [7, 11) is -3.92. The Morgan fingerprint density at radius 2 is 1.50 bits per heavy atom. The molecule has 0 aromatic heterocycles. The van der Waals surface area contributed by atoms with Gasteiger partial charge in [0.15, 0.2) is 5.75 Å². The largest absolute Gasteiger partial charge is 0.507 e. The van der Waals surface area contributed by atoms with Crippen molar-refractivity contribution in [1.29, 1.82) is 0 Å². The Labute approximate surface area is 128 Å². The Kier molecular flexibility index (Phi) is 3.50. The maximum absolute atomic E-state index is 12.4. The SMILES string of the molecule is Cc1ccc(S(=O)(=O)Oc2ccc(O)c3ccccc23)cc1. The highest BCUT2D eigenvalue weighted by atomic mass is 32.2. The molecule has 0 atom stereocenters. The smallest absolute Gasteiger partial charge is 0.339 e. The standard InChI is InChI=1S/C17H14O4S/c1-12-6-8-13(9-7-12)22(19,20)21-17-11-10-16(18)14-4-2-3-5-15(14)17/h2-11,18H,1H3. The highest BCUT2D eigenvalue weighted by molar-refractivity contribution is 7.87. The van der Waals surface area contributed by atoms with Crippen molar-refractivity contribution in [3.8, 4) is 11.5 Å². The lowest BCUT2D eigenvalue weighted by atomic mass is 10.1. The zero-order valence-corrected chi connectivity index (χ0v) is 12.7. The minimum absolute atomic E-state index is 0.0793. The number of benzene rings is 3. The third-order valence-electron chi connectivity index (χ3n) is 3.37. The van der Waals surface area contributed by atoms with Gasteiger partial charge < -0.3 is 9.29 Å². The number of fused-ring (bicyclic) bond motifs is 1. The molecule has 3 rings (SSSR count). The fraction of sp³-hybridized carbons (Fsp3) is 0.0588. The zero-order valence-electron chi connectivity index (χ0n) is 11.9. The Bertz CT molecular complexity index is 929. The molecular weight excluding hydrogens is 300 g/mol. The quantitative estimate of drug-likeness (QED) is 0.750. The van der Waals surface area contributed by atoms with Crippen LogP contribution < -0.4 is 4.18 Å². The van der Waals surface area contributed by atoms with Gasteiger partial charge in [-0.25, -0.2) is 0 Å². The van der Waals surface area contributed by atoms with E-state index < -0.39 is 10.1 Å². The zero-order chi connectivity index (χ0) is 15.7. The minimum atomic E-state index is -3.92. The molecule has 0 bridgehead atoms. The predicted octanol–water partition coefficient (Wildman–Crippen LogP) is 3.62. The van der Waals surface area contributed by atoms with E-state index in [1.54, 1.807) is 36.4 Å². The molecule has 0 unspecified atom stereocenters. The number of phenolic OH excluding ortho intramolecular Hbond substituents is 1. The monoisotopic (exact) mass is 314 g/mol. The highest BCUT2D eigenvalue weighted by Gasteiger charge is 2.18. The first-order chi connectivity index (χ1) is 10.5. The molecule has 5 heteroatoms.